The highest BCUT2D eigenvalue weighted by Crippen LogP contribution is 2.25. The number of carbonyl (C=O) groups is 1. The summed E-state index contributed by atoms with van der Waals surface area (Å²) in [6.45, 7) is 1.91. The molecule has 2 rings (SSSR count). The number of carbonyl (C=O) groups excluding carboxylic acids is 1. The Labute approximate surface area is 131 Å². The van der Waals surface area contributed by atoms with Crippen molar-refractivity contribution in [2.24, 2.45) is 0 Å². The van der Waals surface area contributed by atoms with Crippen molar-refractivity contribution < 1.29 is 9.53 Å². The fourth-order valence-corrected chi connectivity index (χ4v) is 2.10. The van der Waals surface area contributed by atoms with E-state index in [0.717, 1.165) is 15.7 Å². The molecule has 0 unspecified atom stereocenters. The highest BCUT2D eigenvalue weighted by atomic mass is 79.9. The van der Waals surface area contributed by atoms with Gasteiger partial charge in [0.15, 0.2) is 6.61 Å². The molecule has 0 saturated heterocycles. The normalized spacial score (nSPS) is 10.2. The largest absolute Gasteiger partial charge is 0.484 e. The summed E-state index contributed by atoms with van der Waals surface area (Å²) >= 11 is 9.22. The van der Waals surface area contributed by atoms with Crippen LogP contribution < -0.4 is 10.1 Å². The van der Waals surface area contributed by atoms with Crippen molar-refractivity contribution in [2.45, 2.75) is 6.92 Å². The van der Waals surface area contributed by atoms with E-state index in [1.54, 1.807) is 24.3 Å². The van der Waals surface area contributed by atoms with E-state index < -0.39 is 0 Å². The molecule has 0 bridgehead atoms. The highest BCUT2D eigenvalue weighted by molar-refractivity contribution is 9.10. The van der Waals surface area contributed by atoms with Gasteiger partial charge in [0.1, 0.15) is 5.75 Å². The number of halogens is 2. The Balaban J connectivity index is 1.92. The molecule has 1 N–H and O–H groups in total. The van der Waals surface area contributed by atoms with Crippen LogP contribution in [-0.4, -0.2) is 12.5 Å². The third-order valence-electron chi connectivity index (χ3n) is 2.65. The first-order valence-corrected chi connectivity index (χ1v) is 7.16. The summed E-state index contributed by atoms with van der Waals surface area (Å²) in [6.07, 6.45) is 0. The summed E-state index contributed by atoms with van der Waals surface area (Å²) in [5.74, 6) is 0.388. The molecule has 2 aromatic rings. The lowest BCUT2D eigenvalue weighted by atomic mass is 10.2. The lowest BCUT2D eigenvalue weighted by Gasteiger charge is -2.10. The number of benzene rings is 2. The molecule has 0 spiro atoms. The van der Waals surface area contributed by atoms with E-state index in [0.29, 0.717) is 10.8 Å². The van der Waals surface area contributed by atoms with Gasteiger partial charge < -0.3 is 10.1 Å². The number of nitrogens with one attached hydrogen (secondary N) is 1. The molecular weight excluding hydrogens is 342 g/mol. The van der Waals surface area contributed by atoms with E-state index in [4.69, 9.17) is 16.3 Å². The molecule has 0 aromatic heterocycles. The number of aryl methyl sites for hydroxylation is 1. The fraction of sp³-hybridized carbons (Fsp3) is 0.133. The molecular formula is C15H13BrClNO2. The van der Waals surface area contributed by atoms with Crippen LogP contribution in [0.3, 0.4) is 0 Å². The van der Waals surface area contributed by atoms with Gasteiger partial charge in [0.05, 0.1) is 5.69 Å². The molecule has 0 fully saturated rings. The minimum absolute atomic E-state index is 0.0536. The minimum Gasteiger partial charge on any atom is -0.484 e. The SMILES string of the molecule is Cc1cccc(NC(=O)COc2ccc(Cl)cc2)c1Br. The predicted molar refractivity (Wildman–Crippen MR) is 84.5 cm³/mol. The minimum atomic E-state index is -0.216. The molecule has 0 saturated carbocycles. The summed E-state index contributed by atoms with van der Waals surface area (Å²) < 4.78 is 6.25. The van der Waals surface area contributed by atoms with E-state index in [1.165, 1.54) is 0 Å². The van der Waals surface area contributed by atoms with Crippen LogP contribution in [0.15, 0.2) is 46.9 Å². The standard InChI is InChI=1S/C15H13BrClNO2/c1-10-3-2-4-13(15(10)16)18-14(19)9-20-12-7-5-11(17)6-8-12/h2-8H,9H2,1H3,(H,18,19). The van der Waals surface area contributed by atoms with Gasteiger partial charge in [-0.05, 0) is 58.7 Å². The van der Waals surface area contributed by atoms with Gasteiger partial charge in [-0.1, -0.05) is 23.7 Å². The summed E-state index contributed by atoms with van der Waals surface area (Å²) in [6, 6.07) is 12.5. The molecule has 104 valence electrons. The van der Waals surface area contributed by atoms with Crippen LogP contribution in [0, 0.1) is 6.92 Å². The second-order valence-corrected chi connectivity index (χ2v) is 5.46. The van der Waals surface area contributed by atoms with Gasteiger partial charge in [-0.25, -0.2) is 0 Å². The van der Waals surface area contributed by atoms with E-state index in [-0.39, 0.29) is 12.5 Å². The molecule has 20 heavy (non-hydrogen) atoms. The zero-order valence-electron chi connectivity index (χ0n) is 10.8. The number of anilines is 1. The average Bonchev–Trinajstić information content (AvgIpc) is 2.43. The number of hydrogen-bond acceptors (Lipinski definition) is 2. The molecule has 0 aliphatic carbocycles. The molecule has 5 heteroatoms. The fourth-order valence-electron chi connectivity index (χ4n) is 1.61. The molecule has 2 aromatic carbocycles. The smallest absolute Gasteiger partial charge is 0.262 e. The summed E-state index contributed by atoms with van der Waals surface area (Å²) in [5.41, 5.74) is 1.79. The third kappa shape index (κ3) is 3.99. The lowest BCUT2D eigenvalue weighted by Crippen LogP contribution is -2.20. The number of ether oxygens (including phenoxy) is 1. The lowest BCUT2D eigenvalue weighted by molar-refractivity contribution is -0.118. The maximum absolute atomic E-state index is 11.8. The summed E-state index contributed by atoms with van der Waals surface area (Å²) in [7, 11) is 0. The van der Waals surface area contributed by atoms with Gasteiger partial charge in [-0.3, -0.25) is 4.79 Å². The third-order valence-corrected chi connectivity index (χ3v) is 3.95. The van der Waals surface area contributed by atoms with Gasteiger partial charge in [0.25, 0.3) is 5.91 Å². The molecule has 0 aliphatic heterocycles. The quantitative estimate of drug-likeness (QED) is 0.882. The van der Waals surface area contributed by atoms with Crippen molar-refractivity contribution in [3.63, 3.8) is 0 Å². The van der Waals surface area contributed by atoms with Gasteiger partial charge in [0.2, 0.25) is 0 Å². The van der Waals surface area contributed by atoms with E-state index in [1.807, 2.05) is 25.1 Å². The highest BCUT2D eigenvalue weighted by Gasteiger charge is 2.07. The van der Waals surface area contributed by atoms with Gasteiger partial charge in [-0.2, -0.15) is 0 Å². The van der Waals surface area contributed by atoms with Crippen molar-refractivity contribution in [3.8, 4) is 5.75 Å². The Bertz CT molecular complexity index is 614. The Hall–Kier alpha value is -1.52. The molecule has 3 nitrogen and oxygen atoms in total. The Morgan fingerprint density at radius 3 is 2.65 bits per heavy atom. The Morgan fingerprint density at radius 2 is 1.95 bits per heavy atom. The predicted octanol–water partition coefficient (Wildman–Crippen LogP) is 4.43. The molecule has 0 heterocycles. The molecule has 0 aliphatic rings. The maximum atomic E-state index is 11.8. The van der Waals surface area contributed by atoms with Crippen molar-refractivity contribution >= 4 is 39.1 Å². The van der Waals surface area contributed by atoms with Crippen LogP contribution in [0.2, 0.25) is 5.02 Å². The van der Waals surface area contributed by atoms with Crippen molar-refractivity contribution in [1.82, 2.24) is 0 Å². The average molecular weight is 355 g/mol. The van der Waals surface area contributed by atoms with Gasteiger partial charge >= 0.3 is 0 Å². The van der Waals surface area contributed by atoms with Crippen molar-refractivity contribution in [3.05, 3.63) is 57.5 Å². The van der Waals surface area contributed by atoms with Crippen LogP contribution in [0.5, 0.6) is 5.75 Å². The van der Waals surface area contributed by atoms with Crippen LogP contribution in [0.4, 0.5) is 5.69 Å². The van der Waals surface area contributed by atoms with E-state index >= 15 is 0 Å². The number of rotatable bonds is 4. The van der Waals surface area contributed by atoms with Gasteiger partial charge in [-0.15, -0.1) is 0 Å². The monoisotopic (exact) mass is 353 g/mol. The molecule has 0 atom stereocenters. The summed E-state index contributed by atoms with van der Waals surface area (Å²) in [4.78, 5) is 11.8. The van der Waals surface area contributed by atoms with Crippen LogP contribution in [-0.2, 0) is 4.79 Å². The Morgan fingerprint density at radius 1 is 1.25 bits per heavy atom. The van der Waals surface area contributed by atoms with E-state index in [2.05, 4.69) is 21.2 Å². The van der Waals surface area contributed by atoms with Crippen LogP contribution in [0.25, 0.3) is 0 Å². The van der Waals surface area contributed by atoms with E-state index in [9.17, 15) is 4.79 Å². The molecule has 1 amide bonds. The first-order valence-electron chi connectivity index (χ1n) is 5.99. The first-order chi connectivity index (χ1) is 9.56. The topological polar surface area (TPSA) is 38.3 Å². The maximum Gasteiger partial charge on any atom is 0.262 e. The second-order valence-electron chi connectivity index (χ2n) is 4.23. The van der Waals surface area contributed by atoms with Crippen molar-refractivity contribution in [2.75, 3.05) is 11.9 Å². The molecule has 0 radical (unpaired) electrons. The first kappa shape index (κ1) is 14.9. The zero-order chi connectivity index (χ0) is 14.5. The second kappa shape index (κ2) is 6.77. The van der Waals surface area contributed by atoms with Crippen LogP contribution in [0.1, 0.15) is 5.56 Å². The van der Waals surface area contributed by atoms with Crippen LogP contribution >= 0.6 is 27.5 Å². The number of hydrogen-bond donors (Lipinski definition) is 1. The van der Waals surface area contributed by atoms with Gasteiger partial charge in [0, 0.05) is 9.50 Å². The number of amides is 1. The van der Waals surface area contributed by atoms with Crippen molar-refractivity contribution in [1.29, 1.82) is 0 Å². The zero-order valence-corrected chi connectivity index (χ0v) is 13.2. The summed E-state index contributed by atoms with van der Waals surface area (Å²) in [5, 5.41) is 3.43. The Kier molecular flexibility index (Phi) is 5.04.